The largest absolute Gasteiger partial charge is 0.337 e. The Balaban J connectivity index is 2.05. The van der Waals surface area contributed by atoms with Crippen molar-refractivity contribution in [3.05, 3.63) is 41.6 Å². The summed E-state index contributed by atoms with van der Waals surface area (Å²) < 4.78 is 29.4. The van der Waals surface area contributed by atoms with Crippen LogP contribution in [0.2, 0.25) is 0 Å². The van der Waals surface area contributed by atoms with Gasteiger partial charge in [0.1, 0.15) is 17.3 Å². The van der Waals surface area contributed by atoms with E-state index >= 15 is 0 Å². The quantitative estimate of drug-likeness (QED) is 0.893. The monoisotopic (exact) mass is 376 g/mol. The van der Waals surface area contributed by atoms with Gasteiger partial charge >= 0.3 is 0 Å². The van der Waals surface area contributed by atoms with E-state index in [1.165, 1.54) is 12.1 Å². The molecule has 146 valence electrons. The summed E-state index contributed by atoms with van der Waals surface area (Å²) in [5.74, 6) is -1.56. The van der Waals surface area contributed by atoms with E-state index < -0.39 is 11.6 Å². The van der Waals surface area contributed by atoms with E-state index in [9.17, 15) is 13.6 Å². The molecule has 5 nitrogen and oxygen atoms in total. The number of nitrogens with zero attached hydrogens (tertiary/aromatic N) is 3. The molecule has 2 heterocycles. The van der Waals surface area contributed by atoms with Crippen LogP contribution in [0.3, 0.4) is 0 Å². The van der Waals surface area contributed by atoms with Crippen LogP contribution >= 0.6 is 0 Å². The van der Waals surface area contributed by atoms with E-state index in [-0.39, 0.29) is 28.7 Å². The molecule has 0 saturated carbocycles. The van der Waals surface area contributed by atoms with Crippen molar-refractivity contribution in [2.75, 3.05) is 20.1 Å². The van der Waals surface area contributed by atoms with Crippen molar-refractivity contribution in [2.24, 2.45) is 0 Å². The molecular weight excluding hydrogens is 350 g/mol. The minimum absolute atomic E-state index is 0.130. The lowest BCUT2D eigenvalue weighted by molar-refractivity contribution is 0.0698. The molecule has 1 aromatic carbocycles. The summed E-state index contributed by atoms with van der Waals surface area (Å²) in [6.07, 6.45) is 3.59. The van der Waals surface area contributed by atoms with Crippen LogP contribution in [-0.2, 0) is 5.54 Å². The van der Waals surface area contributed by atoms with Crippen LogP contribution in [0.5, 0.6) is 0 Å². The molecule has 0 aliphatic carbocycles. The first-order valence-electron chi connectivity index (χ1n) is 9.23. The molecule has 0 spiro atoms. The summed E-state index contributed by atoms with van der Waals surface area (Å²) in [7, 11) is 1.88. The van der Waals surface area contributed by atoms with Crippen LogP contribution in [0.15, 0.2) is 24.4 Å². The molecule has 1 fully saturated rings. The van der Waals surface area contributed by atoms with Gasteiger partial charge in [0.15, 0.2) is 0 Å². The van der Waals surface area contributed by atoms with E-state index in [1.54, 1.807) is 15.8 Å². The zero-order valence-corrected chi connectivity index (χ0v) is 16.2. The highest BCUT2D eigenvalue weighted by atomic mass is 19.1. The third-order valence-electron chi connectivity index (χ3n) is 4.94. The summed E-state index contributed by atoms with van der Waals surface area (Å²) in [5, 5.41) is 7.70. The number of halogens is 2. The standard InChI is InChI=1S/C20H26F2N4O/c1-20(2,3)26-12-16(19(27)25-9-5-6-14(11-25)23-4)18(24-26)15-8-7-13(21)10-17(15)22/h7-8,10,12,14,23H,5-6,9,11H2,1-4H3. The number of benzene rings is 1. The Morgan fingerprint density at radius 1 is 1.30 bits per heavy atom. The molecule has 1 atom stereocenters. The molecule has 1 aliphatic heterocycles. The Bertz CT molecular complexity index is 841. The number of nitrogens with one attached hydrogen (secondary N) is 1. The average Bonchev–Trinajstić information content (AvgIpc) is 3.06. The van der Waals surface area contributed by atoms with Crippen LogP contribution in [-0.4, -0.2) is 46.8 Å². The smallest absolute Gasteiger partial charge is 0.257 e. The topological polar surface area (TPSA) is 50.2 Å². The van der Waals surface area contributed by atoms with Crippen LogP contribution in [0.1, 0.15) is 44.0 Å². The first-order chi connectivity index (χ1) is 12.7. The normalized spacial score (nSPS) is 18.0. The molecule has 7 heteroatoms. The van der Waals surface area contributed by atoms with Crippen LogP contribution in [0.25, 0.3) is 11.3 Å². The maximum Gasteiger partial charge on any atom is 0.257 e. The predicted molar refractivity (Wildman–Crippen MR) is 101 cm³/mol. The van der Waals surface area contributed by atoms with Crippen molar-refractivity contribution in [3.8, 4) is 11.3 Å². The summed E-state index contributed by atoms with van der Waals surface area (Å²) in [6, 6.07) is 3.58. The minimum atomic E-state index is -0.727. The fourth-order valence-corrected chi connectivity index (χ4v) is 3.32. The number of carbonyl (C=O) groups is 1. The van der Waals surface area contributed by atoms with Gasteiger partial charge in [-0.2, -0.15) is 5.10 Å². The lowest BCUT2D eigenvalue weighted by atomic mass is 10.0. The van der Waals surface area contributed by atoms with Crippen LogP contribution < -0.4 is 5.32 Å². The van der Waals surface area contributed by atoms with E-state index in [0.29, 0.717) is 18.7 Å². The molecule has 1 amide bonds. The zero-order chi connectivity index (χ0) is 19.8. The molecule has 2 aromatic rings. The molecule has 1 N–H and O–H groups in total. The van der Waals surface area contributed by atoms with Gasteiger partial charge in [-0.3, -0.25) is 9.48 Å². The average molecular weight is 376 g/mol. The first-order valence-corrected chi connectivity index (χ1v) is 9.23. The number of amides is 1. The second kappa shape index (κ2) is 7.38. The lowest BCUT2D eigenvalue weighted by Gasteiger charge is -2.32. The van der Waals surface area contributed by atoms with E-state index in [4.69, 9.17) is 0 Å². The number of rotatable bonds is 3. The lowest BCUT2D eigenvalue weighted by Crippen LogP contribution is -2.47. The maximum atomic E-state index is 14.4. The molecule has 1 unspecified atom stereocenters. The Hall–Kier alpha value is -2.28. The number of carbonyl (C=O) groups excluding carboxylic acids is 1. The molecular formula is C20H26F2N4O. The predicted octanol–water partition coefficient (Wildman–Crippen LogP) is 3.41. The number of likely N-dealkylation sites (tertiary alicyclic amines) is 1. The molecule has 0 bridgehead atoms. The second-order valence-corrected chi connectivity index (χ2v) is 8.01. The number of piperidine rings is 1. The van der Waals surface area contributed by atoms with Crippen LogP contribution in [0, 0.1) is 11.6 Å². The summed E-state index contributed by atoms with van der Waals surface area (Å²) >= 11 is 0. The third-order valence-corrected chi connectivity index (χ3v) is 4.94. The second-order valence-electron chi connectivity index (χ2n) is 8.01. The molecule has 1 aromatic heterocycles. The Kier molecular flexibility index (Phi) is 5.33. The summed E-state index contributed by atoms with van der Waals surface area (Å²) in [6.45, 7) is 7.12. The van der Waals surface area contributed by atoms with Crippen molar-refractivity contribution in [1.29, 1.82) is 0 Å². The number of aromatic nitrogens is 2. The van der Waals surface area contributed by atoms with Gasteiger partial charge in [-0.15, -0.1) is 0 Å². The Morgan fingerprint density at radius 2 is 2.04 bits per heavy atom. The summed E-state index contributed by atoms with van der Waals surface area (Å²) in [4.78, 5) is 15.0. The van der Waals surface area contributed by atoms with Gasteiger partial charge in [0, 0.05) is 37.0 Å². The fraction of sp³-hybridized carbons (Fsp3) is 0.500. The Morgan fingerprint density at radius 3 is 2.67 bits per heavy atom. The third kappa shape index (κ3) is 4.03. The number of likely N-dealkylation sites (N-methyl/N-ethyl adjacent to an activating group) is 1. The van der Waals surface area contributed by atoms with E-state index in [0.717, 1.165) is 18.9 Å². The van der Waals surface area contributed by atoms with Gasteiger partial charge in [0.05, 0.1) is 11.1 Å². The minimum Gasteiger partial charge on any atom is -0.337 e. The van der Waals surface area contributed by atoms with Gasteiger partial charge in [-0.25, -0.2) is 8.78 Å². The van der Waals surface area contributed by atoms with Crippen molar-refractivity contribution in [3.63, 3.8) is 0 Å². The fourth-order valence-electron chi connectivity index (χ4n) is 3.32. The number of hydrogen-bond acceptors (Lipinski definition) is 3. The SMILES string of the molecule is CNC1CCCN(C(=O)c2cn(C(C)(C)C)nc2-c2ccc(F)cc2F)C1. The van der Waals surface area contributed by atoms with Gasteiger partial charge in [0.25, 0.3) is 5.91 Å². The van der Waals surface area contributed by atoms with Crippen molar-refractivity contribution in [2.45, 2.75) is 45.2 Å². The molecule has 27 heavy (non-hydrogen) atoms. The van der Waals surface area contributed by atoms with Crippen molar-refractivity contribution in [1.82, 2.24) is 20.0 Å². The molecule has 1 saturated heterocycles. The molecule has 0 radical (unpaired) electrons. The highest BCUT2D eigenvalue weighted by Gasteiger charge is 2.29. The highest BCUT2D eigenvalue weighted by molar-refractivity contribution is 6.00. The molecule has 1 aliphatic rings. The van der Waals surface area contributed by atoms with E-state index in [2.05, 4.69) is 10.4 Å². The van der Waals surface area contributed by atoms with Crippen molar-refractivity contribution >= 4 is 5.91 Å². The number of hydrogen-bond donors (Lipinski definition) is 1. The maximum absolute atomic E-state index is 14.4. The Labute approximate surface area is 158 Å². The van der Waals surface area contributed by atoms with Gasteiger partial charge in [-0.05, 0) is 52.8 Å². The van der Waals surface area contributed by atoms with E-state index in [1.807, 2.05) is 27.8 Å². The van der Waals surface area contributed by atoms with Gasteiger partial charge in [0.2, 0.25) is 0 Å². The summed E-state index contributed by atoms with van der Waals surface area (Å²) in [5.41, 5.74) is 0.343. The van der Waals surface area contributed by atoms with Gasteiger partial charge < -0.3 is 10.2 Å². The highest BCUT2D eigenvalue weighted by Crippen LogP contribution is 2.29. The van der Waals surface area contributed by atoms with Crippen LogP contribution in [0.4, 0.5) is 8.78 Å². The van der Waals surface area contributed by atoms with Crippen molar-refractivity contribution < 1.29 is 13.6 Å². The first kappa shape index (κ1) is 19.5. The molecule has 3 rings (SSSR count). The zero-order valence-electron chi connectivity index (χ0n) is 16.2. The van der Waals surface area contributed by atoms with Gasteiger partial charge in [-0.1, -0.05) is 0 Å².